The van der Waals surface area contributed by atoms with Crippen molar-refractivity contribution in [3.05, 3.63) is 35.4 Å². The number of ether oxygens (including phenoxy) is 2. The first-order chi connectivity index (χ1) is 9.31. The second kappa shape index (κ2) is 5.75. The summed E-state index contributed by atoms with van der Waals surface area (Å²) in [6.45, 7) is 5.73. The van der Waals surface area contributed by atoms with Gasteiger partial charge in [0.05, 0.1) is 32.5 Å². The Morgan fingerprint density at radius 3 is 2.00 bits per heavy atom. The molecule has 1 aromatic rings. The summed E-state index contributed by atoms with van der Waals surface area (Å²) in [6.07, 6.45) is 0.201. The Labute approximate surface area is 117 Å². The van der Waals surface area contributed by atoms with E-state index in [1.54, 1.807) is 0 Å². The summed E-state index contributed by atoms with van der Waals surface area (Å²) in [7, 11) is 0.774. The number of benzene rings is 1. The van der Waals surface area contributed by atoms with Crippen LogP contribution < -0.4 is 0 Å². The van der Waals surface area contributed by atoms with Crippen molar-refractivity contribution in [3.8, 4) is 0 Å². The first kappa shape index (κ1) is 13.3. The molecule has 3 rings (SSSR count). The minimum Gasteiger partial charge on any atom is -0.421 e. The molecule has 2 aliphatic heterocycles. The van der Waals surface area contributed by atoms with Gasteiger partial charge in [0.2, 0.25) is 0 Å². The highest BCUT2D eigenvalue weighted by molar-refractivity contribution is 5.98. The van der Waals surface area contributed by atoms with E-state index in [0.717, 1.165) is 36.9 Å². The van der Waals surface area contributed by atoms with Crippen molar-refractivity contribution in [1.82, 2.24) is 0 Å². The van der Waals surface area contributed by atoms with Crippen LogP contribution in [0.5, 0.6) is 0 Å². The van der Waals surface area contributed by atoms with Crippen molar-refractivity contribution in [1.29, 1.82) is 0 Å². The monoisotopic (exact) mass is 278 g/mol. The van der Waals surface area contributed by atoms with Gasteiger partial charge in [0.25, 0.3) is 0 Å². The average Bonchev–Trinajstić information content (AvgIpc) is 2.33. The zero-order chi connectivity index (χ0) is 13.2. The van der Waals surface area contributed by atoms with E-state index in [9.17, 15) is 0 Å². The minimum absolute atomic E-state index is 0.201. The predicted octanol–water partition coefficient (Wildman–Crippen LogP) is 1.42. The lowest BCUT2D eigenvalue weighted by molar-refractivity contribution is -0.105. The summed E-state index contributed by atoms with van der Waals surface area (Å²) in [5.41, 5.74) is 2.80. The van der Waals surface area contributed by atoms with Crippen molar-refractivity contribution in [3.63, 3.8) is 0 Å². The molecule has 2 saturated heterocycles. The van der Waals surface area contributed by atoms with Gasteiger partial charge in [-0.2, -0.15) is 0 Å². The van der Waals surface area contributed by atoms with Crippen molar-refractivity contribution in [2.45, 2.75) is 18.9 Å². The Morgan fingerprint density at radius 2 is 1.58 bits per heavy atom. The van der Waals surface area contributed by atoms with Gasteiger partial charge in [-0.25, -0.2) is 0 Å². The van der Waals surface area contributed by atoms with Crippen molar-refractivity contribution in [2.24, 2.45) is 11.8 Å². The Hall–Kier alpha value is -0.683. The molecule has 19 heavy (non-hydrogen) atoms. The van der Waals surface area contributed by atoms with Gasteiger partial charge in [0, 0.05) is 11.8 Å². The first-order valence-corrected chi connectivity index (χ1v) is 7.90. The zero-order valence-electron chi connectivity index (χ0n) is 11.7. The molecule has 0 radical (unpaired) electrons. The maximum absolute atomic E-state index is 5.67. The van der Waals surface area contributed by atoms with Gasteiger partial charge < -0.3 is 13.9 Å². The van der Waals surface area contributed by atoms with Gasteiger partial charge in [-0.15, -0.1) is 0 Å². The molecule has 2 fully saturated rings. The zero-order valence-corrected chi connectivity index (χ0v) is 13.7. The third kappa shape index (κ3) is 2.50. The van der Waals surface area contributed by atoms with Crippen LogP contribution in [0.4, 0.5) is 0 Å². The average molecular weight is 278 g/mol. The summed E-state index contributed by atoms with van der Waals surface area (Å²) in [6, 6.07) is 8.74. The quantitative estimate of drug-likeness (QED) is 0.763. The normalized spacial score (nSPS) is 22.2. The van der Waals surface area contributed by atoms with Gasteiger partial charge in [-0.3, -0.25) is 0 Å². The highest BCUT2D eigenvalue weighted by atomic mass is 28.2. The van der Waals surface area contributed by atoms with Crippen LogP contribution in [-0.2, 0) is 13.9 Å². The predicted molar refractivity (Wildman–Crippen MR) is 77.2 cm³/mol. The van der Waals surface area contributed by atoms with Gasteiger partial charge in [0.15, 0.2) is 0 Å². The molecule has 1 aromatic carbocycles. The van der Waals surface area contributed by atoms with Crippen LogP contribution in [0.2, 0.25) is 0 Å². The third-order valence-corrected chi connectivity index (χ3v) is 5.20. The van der Waals surface area contributed by atoms with Crippen LogP contribution in [0.1, 0.15) is 30.1 Å². The number of hydrogen-bond donors (Lipinski definition) is 0. The lowest BCUT2D eigenvalue weighted by atomic mass is 9.73. The third-order valence-electron chi connectivity index (χ3n) is 4.49. The van der Waals surface area contributed by atoms with E-state index < -0.39 is 0 Å². The summed E-state index contributed by atoms with van der Waals surface area (Å²) in [5.74, 6) is 1.87. The molecule has 1 atom stereocenters. The van der Waals surface area contributed by atoms with Crippen molar-refractivity contribution >= 4 is 10.5 Å². The number of hydrogen-bond acceptors (Lipinski definition) is 3. The van der Waals surface area contributed by atoms with Crippen LogP contribution in [0, 0.1) is 11.8 Å². The van der Waals surface area contributed by atoms with E-state index in [0.29, 0.717) is 17.8 Å². The van der Waals surface area contributed by atoms with Gasteiger partial charge in [-0.1, -0.05) is 24.3 Å². The molecule has 0 bridgehead atoms. The minimum atomic E-state index is 0.201. The highest BCUT2D eigenvalue weighted by Crippen LogP contribution is 2.42. The Morgan fingerprint density at radius 1 is 1.05 bits per heavy atom. The van der Waals surface area contributed by atoms with E-state index in [4.69, 9.17) is 13.9 Å². The fourth-order valence-corrected chi connectivity index (χ4v) is 3.38. The second-order valence-electron chi connectivity index (χ2n) is 5.63. The van der Waals surface area contributed by atoms with Crippen molar-refractivity contribution in [2.75, 3.05) is 26.4 Å². The molecule has 2 aliphatic rings. The summed E-state index contributed by atoms with van der Waals surface area (Å²) in [5, 5.41) is 0. The summed E-state index contributed by atoms with van der Waals surface area (Å²) in [4.78, 5) is 0. The molecule has 104 valence electrons. The summed E-state index contributed by atoms with van der Waals surface area (Å²) >= 11 is 0. The smallest absolute Gasteiger partial charge is 0.146 e. The highest BCUT2D eigenvalue weighted by Gasteiger charge is 2.39. The lowest BCUT2D eigenvalue weighted by Crippen LogP contribution is -2.43. The van der Waals surface area contributed by atoms with Gasteiger partial charge in [0.1, 0.15) is 10.5 Å². The van der Waals surface area contributed by atoms with Crippen molar-refractivity contribution < 1.29 is 13.9 Å². The Bertz CT molecular complexity index is 415. The van der Waals surface area contributed by atoms with Gasteiger partial charge in [-0.05, 0) is 24.0 Å². The van der Waals surface area contributed by atoms with E-state index >= 15 is 0 Å². The van der Waals surface area contributed by atoms with Gasteiger partial charge >= 0.3 is 0 Å². The molecule has 1 unspecified atom stereocenters. The lowest BCUT2D eigenvalue weighted by Gasteiger charge is -2.43. The van der Waals surface area contributed by atoms with E-state index in [1.807, 2.05) is 0 Å². The van der Waals surface area contributed by atoms with E-state index in [2.05, 4.69) is 31.2 Å². The van der Waals surface area contributed by atoms with Crippen LogP contribution in [0.15, 0.2) is 24.3 Å². The molecular formula is C15H22O3Si. The molecule has 0 saturated carbocycles. The maximum Gasteiger partial charge on any atom is 0.146 e. The van der Waals surface area contributed by atoms with Crippen LogP contribution >= 0.6 is 0 Å². The van der Waals surface area contributed by atoms with E-state index in [1.165, 1.54) is 11.1 Å². The molecule has 0 N–H and O–H groups in total. The molecule has 0 spiro atoms. The molecule has 2 heterocycles. The van der Waals surface area contributed by atoms with Crippen LogP contribution in [0.3, 0.4) is 0 Å². The van der Waals surface area contributed by atoms with Crippen LogP contribution in [-0.4, -0.2) is 36.9 Å². The summed E-state index contributed by atoms with van der Waals surface area (Å²) < 4.78 is 16.5. The molecule has 0 aromatic heterocycles. The molecule has 0 amide bonds. The topological polar surface area (TPSA) is 27.7 Å². The Balaban J connectivity index is 1.92. The van der Waals surface area contributed by atoms with Crippen LogP contribution in [0.25, 0.3) is 0 Å². The second-order valence-corrected chi connectivity index (χ2v) is 6.10. The molecule has 4 heteroatoms. The van der Waals surface area contributed by atoms with E-state index in [-0.39, 0.29) is 6.10 Å². The molecular weight excluding hydrogens is 256 g/mol. The fourth-order valence-electron chi connectivity index (χ4n) is 3.13. The maximum atomic E-state index is 5.67. The molecule has 3 nitrogen and oxygen atoms in total. The largest absolute Gasteiger partial charge is 0.421 e. The Kier molecular flexibility index (Phi) is 4.03. The standard InChI is InChI=1S/C15H22O3Si/c1-10(18-19)13-4-2-3-5-14(13)15(11-6-16-7-11)12-8-17-9-12/h2-5,10-12,15H,6-9H2,1,19H3. The first-order valence-electron chi connectivity index (χ1n) is 7.08. The number of rotatable bonds is 5. The molecule has 0 aliphatic carbocycles. The SMILES string of the molecule is CC(O[SiH3])c1ccccc1C(C1COC1)C1COC1. The fraction of sp³-hybridized carbons (Fsp3) is 0.600.